The van der Waals surface area contributed by atoms with Gasteiger partial charge in [0.15, 0.2) is 0 Å². The van der Waals surface area contributed by atoms with E-state index < -0.39 is 40.9 Å². The van der Waals surface area contributed by atoms with Gasteiger partial charge < -0.3 is 5.32 Å². The maximum Gasteiger partial charge on any atom is 0.419 e. The van der Waals surface area contributed by atoms with E-state index in [0.29, 0.717) is 10.7 Å². The third kappa shape index (κ3) is 4.22. The zero-order valence-corrected chi connectivity index (χ0v) is 15.4. The fraction of sp³-hybridized carbons (Fsp3) is 0.150. The summed E-state index contributed by atoms with van der Waals surface area (Å²) in [5.41, 5.74) is -3.02. The van der Waals surface area contributed by atoms with Gasteiger partial charge in [-0.2, -0.15) is 23.0 Å². The van der Waals surface area contributed by atoms with Crippen LogP contribution in [0.5, 0.6) is 0 Å². The third-order valence-corrected chi connectivity index (χ3v) is 4.26. The molecule has 0 aliphatic rings. The molecule has 1 heterocycles. The molecule has 1 amide bonds. The molecule has 0 aliphatic carbocycles. The highest BCUT2D eigenvalue weighted by molar-refractivity contribution is 5.92. The van der Waals surface area contributed by atoms with E-state index in [4.69, 9.17) is 0 Å². The fourth-order valence-corrected chi connectivity index (χ4v) is 2.78. The number of hydrogen-bond acceptors (Lipinski definition) is 3. The van der Waals surface area contributed by atoms with E-state index in [1.165, 1.54) is 25.1 Å². The van der Waals surface area contributed by atoms with Gasteiger partial charge in [-0.15, -0.1) is 0 Å². The Bertz CT molecular complexity index is 1160. The van der Waals surface area contributed by atoms with E-state index in [1.807, 2.05) is 0 Å². The van der Waals surface area contributed by atoms with Crippen LogP contribution in [0.15, 0.2) is 59.4 Å². The average molecular weight is 423 g/mol. The van der Waals surface area contributed by atoms with E-state index in [-0.39, 0.29) is 16.9 Å². The first-order chi connectivity index (χ1) is 14.1. The Balaban J connectivity index is 1.90. The van der Waals surface area contributed by atoms with Crippen molar-refractivity contribution in [3.8, 4) is 5.69 Å². The van der Waals surface area contributed by atoms with E-state index in [2.05, 4.69) is 10.4 Å². The Hall–Kier alpha value is -3.56. The number of hydrogen-bond donors (Lipinski definition) is 1. The lowest BCUT2D eigenvalue weighted by Gasteiger charge is -2.17. The number of amides is 1. The summed E-state index contributed by atoms with van der Waals surface area (Å²) in [5, 5.41) is 6.13. The molecule has 3 rings (SSSR count). The van der Waals surface area contributed by atoms with Crippen molar-refractivity contribution >= 4 is 5.91 Å². The molecular formula is C20H14F5N3O2. The number of nitrogens with one attached hydrogen (secondary N) is 1. The van der Waals surface area contributed by atoms with Crippen LogP contribution in [0.2, 0.25) is 0 Å². The van der Waals surface area contributed by atoms with Crippen molar-refractivity contribution in [3.05, 3.63) is 93.4 Å². The van der Waals surface area contributed by atoms with Crippen molar-refractivity contribution in [1.29, 1.82) is 0 Å². The monoisotopic (exact) mass is 423 g/mol. The molecule has 1 aromatic heterocycles. The minimum Gasteiger partial charge on any atom is -0.344 e. The van der Waals surface area contributed by atoms with Gasteiger partial charge in [-0.05, 0) is 31.2 Å². The largest absolute Gasteiger partial charge is 0.419 e. The van der Waals surface area contributed by atoms with Gasteiger partial charge in [0, 0.05) is 11.6 Å². The lowest BCUT2D eigenvalue weighted by Crippen LogP contribution is -2.31. The average Bonchev–Trinajstić information content (AvgIpc) is 2.68. The summed E-state index contributed by atoms with van der Waals surface area (Å²) >= 11 is 0. The van der Waals surface area contributed by atoms with Crippen LogP contribution in [0.3, 0.4) is 0 Å². The van der Waals surface area contributed by atoms with Crippen molar-refractivity contribution in [2.75, 3.05) is 0 Å². The van der Waals surface area contributed by atoms with Crippen molar-refractivity contribution in [1.82, 2.24) is 15.1 Å². The van der Waals surface area contributed by atoms with Crippen LogP contribution in [-0.4, -0.2) is 15.7 Å². The van der Waals surface area contributed by atoms with E-state index in [9.17, 15) is 31.5 Å². The highest BCUT2D eigenvalue weighted by atomic mass is 19.4. The minimum atomic E-state index is -4.89. The number of nitrogens with zero attached hydrogens (tertiary/aromatic N) is 2. The molecule has 0 saturated heterocycles. The number of para-hydroxylation sites is 1. The zero-order chi connectivity index (χ0) is 22.1. The number of benzene rings is 2. The van der Waals surface area contributed by atoms with Gasteiger partial charge in [0.2, 0.25) is 0 Å². The number of aromatic nitrogens is 2. The normalized spacial score (nSPS) is 12.5. The van der Waals surface area contributed by atoms with Gasteiger partial charge in [-0.3, -0.25) is 9.59 Å². The van der Waals surface area contributed by atoms with Crippen LogP contribution in [0.25, 0.3) is 5.69 Å². The van der Waals surface area contributed by atoms with Crippen LogP contribution >= 0.6 is 0 Å². The molecule has 0 unspecified atom stereocenters. The number of halogens is 5. The molecule has 0 fully saturated rings. The summed E-state index contributed by atoms with van der Waals surface area (Å²) in [7, 11) is 0. The Kier molecular flexibility index (Phi) is 5.68. The lowest BCUT2D eigenvalue weighted by molar-refractivity contribution is -0.140. The second-order valence-corrected chi connectivity index (χ2v) is 6.32. The Labute approximate surface area is 166 Å². The van der Waals surface area contributed by atoms with Gasteiger partial charge in [0.05, 0.1) is 11.6 Å². The fourth-order valence-electron chi connectivity index (χ4n) is 2.78. The van der Waals surface area contributed by atoms with Gasteiger partial charge in [-0.25, -0.2) is 8.78 Å². The number of carbonyl (C=O) groups excluding carboxylic acids is 1. The first kappa shape index (κ1) is 21.2. The van der Waals surface area contributed by atoms with Crippen molar-refractivity contribution in [2.24, 2.45) is 0 Å². The predicted molar refractivity (Wildman–Crippen MR) is 97.1 cm³/mol. The minimum absolute atomic E-state index is 0.186. The summed E-state index contributed by atoms with van der Waals surface area (Å²) in [4.78, 5) is 24.5. The Morgan fingerprint density at radius 1 is 1.03 bits per heavy atom. The van der Waals surface area contributed by atoms with E-state index >= 15 is 0 Å². The van der Waals surface area contributed by atoms with Crippen molar-refractivity contribution in [3.63, 3.8) is 0 Å². The highest BCUT2D eigenvalue weighted by Gasteiger charge is 2.35. The van der Waals surface area contributed by atoms with Gasteiger partial charge in [0.25, 0.3) is 11.5 Å². The molecule has 156 valence electrons. The summed E-state index contributed by atoms with van der Waals surface area (Å²) in [6.45, 7) is 1.29. The molecule has 5 nitrogen and oxygen atoms in total. The lowest BCUT2D eigenvalue weighted by atomic mass is 10.0. The highest BCUT2D eigenvalue weighted by Crippen LogP contribution is 2.33. The summed E-state index contributed by atoms with van der Waals surface area (Å²) in [5.74, 6) is -3.13. The van der Waals surface area contributed by atoms with E-state index in [0.717, 1.165) is 30.3 Å². The maximum absolute atomic E-state index is 14.3. The molecular weight excluding hydrogens is 409 g/mol. The molecule has 10 heteroatoms. The molecule has 2 aromatic carbocycles. The van der Waals surface area contributed by atoms with Gasteiger partial charge >= 0.3 is 6.18 Å². The summed E-state index contributed by atoms with van der Waals surface area (Å²) in [6, 6.07) is 8.93. The van der Waals surface area contributed by atoms with Crippen molar-refractivity contribution < 1.29 is 26.7 Å². The second-order valence-electron chi connectivity index (χ2n) is 6.32. The molecule has 0 aliphatic heterocycles. The number of alkyl halides is 3. The zero-order valence-electron chi connectivity index (χ0n) is 15.4. The summed E-state index contributed by atoms with van der Waals surface area (Å²) < 4.78 is 67.6. The standard InChI is InChI=1S/C20H14F5N3O2/c1-11(12-5-4-6-13(18(12)22)20(23,24)25)26-19(30)15-9-10-17(29)28(27-15)16-8-3-2-7-14(16)21/h2-11H,1H3,(H,26,30)/t11-/m1/s1. The summed E-state index contributed by atoms with van der Waals surface area (Å²) in [6.07, 6.45) is -4.89. The van der Waals surface area contributed by atoms with Crippen LogP contribution in [0.4, 0.5) is 22.0 Å². The topological polar surface area (TPSA) is 64.0 Å². The predicted octanol–water partition coefficient (Wildman–Crippen LogP) is 4.02. The molecule has 0 radical (unpaired) electrons. The quantitative estimate of drug-likeness (QED) is 0.645. The van der Waals surface area contributed by atoms with Crippen LogP contribution in [-0.2, 0) is 6.18 Å². The van der Waals surface area contributed by atoms with Crippen LogP contribution in [0, 0.1) is 11.6 Å². The molecule has 1 N–H and O–H groups in total. The van der Waals surface area contributed by atoms with E-state index in [1.54, 1.807) is 0 Å². The van der Waals surface area contributed by atoms with Crippen molar-refractivity contribution in [2.45, 2.75) is 19.1 Å². The smallest absolute Gasteiger partial charge is 0.344 e. The Morgan fingerprint density at radius 2 is 1.73 bits per heavy atom. The molecule has 1 atom stereocenters. The number of carbonyl (C=O) groups is 1. The van der Waals surface area contributed by atoms with Crippen LogP contribution < -0.4 is 10.9 Å². The Morgan fingerprint density at radius 3 is 2.40 bits per heavy atom. The second kappa shape index (κ2) is 8.05. The molecule has 3 aromatic rings. The SMILES string of the molecule is C[C@@H](NC(=O)c1ccc(=O)n(-c2ccccc2F)n1)c1cccc(C(F)(F)F)c1F. The van der Waals surface area contributed by atoms with Gasteiger partial charge in [-0.1, -0.05) is 24.3 Å². The molecule has 0 saturated carbocycles. The molecule has 0 bridgehead atoms. The number of rotatable bonds is 4. The molecule has 0 spiro atoms. The maximum atomic E-state index is 14.3. The molecule has 30 heavy (non-hydrogen) atoms. The first-order valence-corrected chi connectivity index (χ1v) is 8.61. The van der Waals surface area contributed by atoms with Gasteiger partial charge in [0.1, 0.15) is 23.0 Å². The third-order valence-electron chi connectivity index (χ3n) is 4.26. The first-order valence-electron chi connectivity index (χ1n) is 8.61. The van der Waals surface area contributed by atoms with Crippen LogP contribution in [0.1, 0.15) is 34.6 Å².